The molecule has 0 aliphatic rings. The summed E-state index contributed by atoms with van der Waals surface area (Å²) in [5.41, 5.74) is -0.285. The molecule has 0 fully saturated rings. The Bertz CT molecular complexity index is 519. The number of rotatable bonds is 1. The highest BCUT2D eigenvalue weighted by Crippen LogP contribution is 2.20. The second-order valence-corrected chi connectivity index (χ2v) is 2.81. The number of aromatic amines is 1. The minimum atomic E-state index is -1.21. The first-order valence-corrected chi connectivity index (χ1v) is 3.79. The lowest BCUT2D eigenvalue weighted by Gasteiger charge is -1.92. The predicted octanol–water partition coefficient (Wildman–Crippen LogP) is 2.14. The van der Waals surface area contributed by atoms with Crippen molar-refractivity contribution in [1.29, 1.82) is 0 Å². The first-order valence-electron chi connectivity index (χ1n) is 3.79. The van der Waals surface area contributed by atoms with Crippen molar-refractivity contribution < 1.29 is 18.7 Å². The molecule has 1 aromatic carbocycles. The molecule has 2 aromatic rings. The summed E-state index contributed by atoms with van der Waals surface area (Å²) in [6, 6.07) is 3.52. The quantitative estimate of drug-likeness (QED) is 0.735. The second-order valence-electron chi connectivity index (χ2n) is 2.81. The molecule has 0 saturated carbocycles. The molecule has 3 nitrogen and oxygen atoms in total. The third-order valence-electron chi connectivity index (χ3n) is 1.92. The number of H-pyrrole nitrogens is 1. The molecule has 0 unspecified atom stereocenters. The summed E-state index contributed by atoms with van der Waals surface area (Å²) >= 11 is 0. The van der Waals surface area contributed by atoms with Crippen molar-refractivity contribution in [1.82, 2.24) is 4.98 Å². The lowest BCUT2D eigenvalue weighted by atomic mass is 10.2. The van der Waals surface area contributed by atoms with Crippen LogP contribution in [0.1, 0.15) is 10.5 Å². The fourth-order valence-electron chi connectivity index (χ4n) is 1.25. The molecule has 2 rings (SSSR count). The van der Waals surface area contributed by atoms with Crippen molar-refractivity contribution in [3.8, 4) is 0 Å². The number of halogens is 2. The van der Waals surface area contributed by atoms with Gasteiger partial charge < -0.3 is 10.1 Å². The van der Waals surface area contributed by atoms with E-state index in [1.165, 1.54) is 12.1 Å². The standard InChI is InChI=1S/C9H5F2NO2/c10-5-2-1-4-3-6(9(13)14)12-8(4)7(5)11/h1-3,12H,(H,13,14). The molecule has 0 aliphatic heterocycles. The van der Waals surface area contributed by atoms with E-state index in [0.717, 1.165) is 6.07 Å². The molecule has 0 radical (unpaired) electrons. The third-order valence-corrected chi connectivity index (χ3v) is 1.92. The van der Waals surface area contributed by atoms with E-state index in [0.29, 0.717) is 5.39 Å². The molecule has 0 amide bonds. The number of nitrogens with one attached hydrogen (secondary N) is 1. The number of benzene rings is 1. The smallest absolute Gasteiger partial charge is 0.352 e. The van der Waals surface area contributed by atoms with Crippen LogP contribution >= 0.6 is 0 Å². The molecule has 2 N–H and O–H groups in total. The lowest BCUT2D eigenvalue weighted by Crippen LogP contribution is -1.95. The minimum Gasteiger partial charge on any atom is -0.477 e. The highest BCUT2D eigenvalue weighted by molar-refractivity contribution is 5.93. The third kappa shape index (κ3) is 1.14. The van der Waals surface area contributed by atoms with Gasteiger partial charge in [0.15, 0.2) is 11.6 Å². The molecule has 14 heavy (non-hydrogen) atoms. The fraction of sp³-hybridized carbons (Fsp3) is 0. The Morgan fingerprint density at radius 2 is 2.07 bits per heavy atom. The highest BCUT2D eigenvalue weighted by atomic mass is 19.2. The van der Waals surface area contributed by atoms with Gasteiger partial charge in [0.25, 0.3) is 0 Å². The van der Waals surface area contributed by atoms with Crippen LogP contribution in [-0.4, -0.2) is 16.1 Å². The van der Waals surface area contributed by atoms with Gasteiger partial charge in [-0.3, -0.25) is 0 Å². The Kier molecular flexibility index (Phi) is 1.73. The molecule has 1 heterocycles. The zero-order valence-corrected chi connectivity index (χ0v) is 6.84. The molecule has 1 aromatic heterocycles. The Morgan fingerprint density at radius 3 is 2.71 bits per heavy atom. The average molecular weight is 197 g/mol. The number of carboxylic acids is 1. The predicted molar refractivity (Wildman–Crippen MR) is 45.2 cm³/mol. The fourth-order valence-corrected chi connectivity index (χ4v) is 1.25. The van der Waals surface area contributed by atoms with E-state index in [4.69, 9.17) is 5.11 Å². The van der Waals surface area contributed by atoms with Crippen LogP contribution in [0.15, 0.2) is 18.2 Å². The second kappa shape index (κ2) is 2.80. The van der Waals surface area contributed by atoms with E-state index >= 15 is 0 Å². The monoisotopic (exact) mass is 197 g/mol. The Hall–Kier alpha value is -1.91. The van der Waals surface area contributed by atoms with Crippen LogP contribution in [-0.2, 0) is 0 Å². The summed E-state index contributed by atoms with van der Waals surface area (Å²) in [5.74, 6) is -3.27. The van der Waals surface area contributed by atoms with Crippen molar-refractivity contribution in [2.24, 2.45) is 0 Å². The van der Waals surface area contributed by atoms with E-state index in [9.17, 15) is 13.6 Å². The molecule has 72 valence electrons. The maximum atomic E-state index is 13.1. The van der Waals surface area contributed by atoms with Crippen LogP contribution in [0.3, 0.4) is 0 Å². The molecular weight excluding hydrogens is 192 g/mol. The van der Waals surface area contributed by atoms with Crippen LogP contribution < -0.4 is 0 Å². The van der Waals surface area contributed by atoms with Gasteiger partial charge in [-0.15, -0.1) is 0 Å². The SMILES string of the molecule is O=C(O)c1cc2ccc(F)c(F)c2[nH]1. The van der Waals surface area contributed by atoms with Crippen LogP contribution in [0.4, 0.5) is 8.78 Å². The van der Waals surface area contributed by atoms with Gasteiger partial charge in [-0.25, -0.2) is 13.6 Å². The number of aromatic nitrogens is 1. The average Bonchev–Trinajstić information content (AvgIpc) is 2.56. The van der Waals surface area contributed by atoms with E-state index in [2.05, 4.69) is 4.98 Å². The molecule has 0 spiro atoms. The molecule has 0 aliphatic carbocycles. The van der Waals surface area contributed by atoms with Crippen molar-refractivity contribution >= 4 is 16.9 Å². The van der Waals surface area contributed by atoms with Gasteiger partial charge >= 0.3 is 5.97 Å². The first-order chi connectivity index (χ1) is 6.59. The number of aromatic carboxylic acids is 1. The van der Waals surface area contributed by atoms with Gasteiger partial charge in [-0.2, -0.15) is 0 Å². The van der Waals surface area contributed by atoms with E-state index in [1.54, 1.807) is 0 Å². The largest absolute Gasteiger partial charge is 0.477 e. The number of fused-ring (bicyclic) bond motifs is 1. The molecular formula is C9H5F2NO2. The first kappa shape index (κ1) is 8.68. The van der Waals surface area contributed by atoms with Gasteiger partial charge in [0.05, 0.1) is 5.52 Å². The Balaban J connectivity index is 2.77. The number of hydrogen-bond acceptors (Lipinski definition) is 1. The van der Waals surface area contributed by atoms with Gasteiger partial charge in [0, 0.05) is 5.39 Å². The van der Waals surface area contributed by atoms with Crippen molar-refractivity contribution in [2.45, 2.75) is 0 Å². The van der Waals surface area contributed by atoms with E-state index < -0.39 is 17.6 Å². The van der Waals surface area contributed by atoms with Gasteiger partial charge in [0.2, 0.25) is 0 Å². The zero-order chi connectivity index (χ0) is 10.3. The lowest BCUT2D eigenvalue weighted by molar-refractivity contribution is 0.0691. The van der Waals surface area contributed by atoms with Crippen molar-refractivity contribution in [3.63, 3.8) is 0 Å². The van der Waals surface area contributed by atoms with Crippen molar-refractivity contribution in [2.75, 3.05) is 0 Å². The number of hydrogen-bond donors (Lipinski definition) is 2. The van der Waals surface area contributed by atoms with E-state index in [-0.39, 0.29) is 11.2 Å². The maximum Gasteiger partial charge on any atom is 0.352 e. The van der Waals surface area contributed by atoms with Crippen LogP contribution in [0.5, 0.6) is 0 Å². The summed E-state index contributed by atoms with van der Waals surface area (Å²) in [6.07, 6.45) is 0. The summed E-state index contributed by atoms with van der Waals surface area (Å²) in [4.78, 5) is 12.8. The molecule has 0 bridgehead atoms. The Labute approximate surface area is 77.0 Å². The number of carboxylic acid groups (broad SMARTS) is 1. The van der Waals surface area contributed by atoms with Gasteiger partial charge in [-0.1, -0.05) is 0 Å². The maximum absolute atomic E-state index is 13.1. The highest BCUT2D eigenvalue weighted by Gasteiger charge is 2.12. The zero-order valence-electron chi connectivity index (χ0n) is 6.84. The minimum absolute atomic E-state index is 0.123. The molecule has 5 heteroatoms. The summed E-state index contributed by atoms with van der Waals surface area (Å²) in [5, 5.41) is 8.93. The van der Waals surface area contributed by atoms with Crippen LogP contribution in [0, 0.1) is 11.6 Å². The summed E-state index contributed by atoms with van der Waals surface area (Å²) < 4.78 is 25.8. The molecule has 0 atom stereocenters. The van der Waals surface area contributed by atoms with Gasteiger partial charge in [0.1, 0.15) is 5.69 Å². The summed E-state index contributed by atoms with van der Waals surface area (Å²) in [6.45, 7) is 0. The van der Waals surface area contributed by atoms with Crippen molar-refractivity contribution in [3.05, 3.63) is 35.5 Å². The summed E-state index contributed by atoms with van der Waals surface area (Å²) in [7, 11) is 0. The van der Waals surface area contributed by atoms with Gasteiger partial charge in [-0.05, 0) is 18.2 Å². The topological polar surface area (TPSA) is 53.1 Å². The molecule has 0 saturated heterocycles. The number of carbonyl (C=O) groups is 1. The van der Waals surface area contributed by atoms with Crippen LogP contribution in [0.2, 0.25) is 0 Å². The van der Waals surface area contributed by atoms with E-state index in [1.807, 2.05) is 0 Å². The van der Waals surface area contributed by atoms with Crippen LogP contribution in [0.25, 0.3) is 10.9 Å². The normalized spacial score (nSPS) is 10.7. The Morgan fingerprint density at radius 1 is 1.36 bits per heavy atom.